The van der Waals surface area contributed by atoms with Crippen molar-refractivity contribution in [3.63, 3.8) is 0 Å². The minimum atomic E-state index is -3.86. The lowest BCUT2D eigenvalue weighted by atomic mass is 9.85. The fraction of sp³-hybridized carbons (Fsp3) is 0.342. The van der Waals surface area contributed by atoms with Gasteiger partial charge in [-0.25, -0.2) is 27.2 Å². The van der Waals surface area contributed by atoms with Crippen LogP contribution in [0.25, 0.3) is 22.2 Å². The first-order chi connectivity index (χ1) is 24.3. The van der Waals surface area contributed by atoms with Crippen molar-refractivity contribution in [2.24, 2.45) is 5.92 Å². The number of nitrogens with zero attached hydrogens (tertiary/aromatic N) is 4. The van der Waals surface area contributed by atoms with Gasteiger partial charge in [-0.05, 0) is 74.8 Å². The van der Waals surface area contributed by atoms with Crippen molar-refractivity contribution in [1.29, 1.82) is 0 Å². The van der Waals surface area contributed by atoms with E-state index in [-0.39, 0.29) is 23.0 Å². The Bertz CT molecular complexity index is 2060. The van der Waals surface area contributed by atoms with E-state index < -0.39 is 16.1 Å². The Morgan fingerprint density at radius 3 is 2.44 bits per heavy atom. The first kappa shape index (κ1) is 34.0. The number of likely N-dealkylation sites (tertiary alicyclic amines) is 1. The van der Waals surface area contributed by atoms with Crippen molar-refractivity contribution < 1.29 is 18.3 Å². The molecule has 1 amide bonds. The fourth-order valence-corrected chi connectivity index (χ4v) is 9.14. The minimum absolute atomic E-state index is 0.0503. The summed E-state index contributed by atoms with van der Waals surface area (Å²) >= 11 is 6.68. The topological polar surface area (TPSA) is 129 Å². The van der Waals surface area contributed by atoms with Crippen LogP contribution in [0.1, 0.15) is 44.1 Å². The second-order valence-electron chi connectivity index (χ2n) is 13.4. The summed E-state index contributed by atoms with van der Waals surface area (Å²) < 4.78 is 28.7. The minimum Gasteiger partial charge on any atom is -0.465 e. The highest BCUT2D eigenvalue weighted by atomic mass is 35.5. The molecule has 2 aliphatic rings. The Labute approximate surface area is 297 Å². The number of amides is 1. The molecule has 0 bridgehead atoms. The maximum Gasteiger partial charge on any atom is 0.407 e. The van der Waals surface area contributed by atoms with Crippen molar-refractivity contribution in [3.05, 3.63) is 108 Å². The molecule has 4 atom stereocenters. The molecule has 3 aromatic carbocycles. The number of rotatable bonds is 10. The average molecular weight is 713 g/mol. The van der Waals surface area contributed by atoms with Gasteiger partial charge in [0.2, 0.25) is 5.95 Å². The average Bonchev–Trinajstić information content (AvgIpc) is 3.53. The van der Waals surface area contributed by atoms with Gasteiger partial charge >= 0.3 is 6.09 Å². The summed E-state index contributed by atoms with van der Waals surface area (Å²) in [6, 6.07) is 26.2. The normalized spacial score (nSPS) is 21.3. The SMILES string of the molecule is O=C(O)N1CCC(NC[C@H]2CCC[C@@H](Nc3ncc(Cl)c(-c4cn(S(=O)(=O)c5ccccc5)c5ccccc45)n3)C2)CC1Cc1ccccc1. The number of carbonyl (C=O) groups is 1. The number of piperidine rings is 1. The number of nitrogens with one attached hydrogen (secondary N) is 2. The van der Waals surface area contributed by atoms with E-state index in [0.717, 1.165) is 56.0 Å². The zero-order valence-corrected chi connectivity index (χ0v) is 29.2. The Morgan fingerprint density at radius 2 is 1.66 bits per heavy atom. The van der Waals surface area contributed by atoms with Crippen LogP contribution >= 0.6 is 11.6 Å². The zero-order chi connectivity index (χ0) is 34.7. The van der Waals surface area contributed by atoms with Gasteiger partial charge in [-0.1, -0.05) is 84.8 Å². The van der Waals surface area contributed by atoms with E-state index in [1.165, 1.54) is 3.97 Å². The van der Waals surface area contributed by atoms with E-state index in [2.05, 4.69) is 27.8 Å². The van der Waals surface area contributed by atoms with Crippen LogP contribution in [0, 0.1) is 5.92 Å². The highest BCUT2D eigenvalue weighted by Gasteiger charge is 2.32. The van der Waals surface area contributed by atoms with Crippen molar-refractivity contribution in [2.75, 3.05) is 18.4 Å². The van der Waals surface area contributed by atoms with E-state index in [1.807, 2.05) is 36.4 Å². The number of halogens is 1. The van der Waals surface area contributed by atoms with Crippen molar-refractivity contribution >= 4 is 44.6 Å². The molecule has 5 aromatic rings. The Morgan fingerprint density at radius 1 is 0.920 bits per heavy atom. The molecule has 10 nitrogen and oxygen atoms in total. The molecular weight excluding hydrogens is 672 g/mol. The van der Waals surface area contributed by atoms with Gasteiger partial charge in [-0.3, -0.25) is 0 Å². The lowest BCUT2D eigenvalue weighted by molar-refractivity contribution is 0.0951. The fourth-order valence-electron chi connectivity index (χ4n) is 7.56. The van der Waals surface area contributed by atoms with Crippen molar-refractivity contribution in [3.8, 4) is 11.3 Å². The van der Waals surface area contributed by atoms with E-state index in [0.29, 0.717) is 46.6 Å². The maximum atomic E-state index is 13.7. The summed E-state index contributed by atoms with van der Waals surface area (Å²) in [5.41, 5.74) is 2.77. The van der Waals surface area contributed by atoms with Crippen LogP contribution in [-0.4, -0.2) is 69.7 Å². The Hall–Kier alpha value is -4.45. The molecule has 0 spiro atoms. The third-order valence-electron chi connectivity index (χ3n) is 10.1. The van der Waals surface area contributed by atoms with Crippen molar-refractivity contribution in [2.45, 2.75) is 68.0 Å². The van der Waals surface area contributed by atoms with Gasteiger partial charge in [0, 0.05) is 41.8 Å². The van der Waals surface area contributed by atoms with Crippen LogP contribution < -0.4 is 10.6 Å². The van der Waals surface area contributed by atoms with Gasteiger partial charge in [0.05, 0.1) is 27.3 Å². The summed E-state index contributed by atoms with van der Waals surface area (Å²) in [6.45, 7) is 1.41. The first-order valence-corrected chi connectivity index (χ1v) is 19.0. The predicted molar refractivity (Wildman–Crippen MR) is 196 cm³/mol. The number of fused-ring (bicyclic) bond motifs is 1. The maximum absolute atomic E-state index is 13.7. The van der Waals surface area contributed by atoms with Crippen LogP contribution in [-0.2, 0) is 16.4 Å². The molecule has 0 radical (unpaired) electrons. The molecule has 1 saturated heterocycles. The van der Waals surface area contributed by atoms with E-state index in [4.69, 9.17) is 16.6 Å². The molecule has 2 fully saturated rings. The van der Waals surface area contributed by atoms with E-state index in [1.54, 1.807) is 53.7 Å². The number of anilines is 1. The lowest BCUT2D eigenvalue weighted by Gasteiger charge is -2.39. The molecule has 2 unspecified atom stereocenters. The summed E-state index contributed by atoms with van der Waals surface area (Å²) in [7, 11) is -3.86. The molecule has 3 heterocycles. The highest BCUT2D eigenvalue weighted by Crippen LogP contribution is 2.36. The lowest BCUT2D eigenvalue weighted by Crippen LogP contribution is -2.52. The molecular formula is C38H41ClN6O4S. The van der Waals surface area contributed by atoms with Gasteiger partial charge in [0.15, 0.2) is 0 Å². The molecule has 7 rings (SSSR count). The number of aromatic nitrogens is 3. The third kappa shape index (κ3) is 7.35. The standard InChI is InChI=1S/C38H41ClN6O4S/c39-34-24-41-37(43-36(34)33-25-45(35-17-8-7-16-32(33)35)50(48,49)31-14-5-2-6-15-31)42-29-13-9-12-27(20-29)23-40-28-18-19-44(38(46)47)30(22-28)21-26-10-3-1-4-11-26/h1-8,10-11,14-17,24-25,27-30,40H,9,12-13,18-23H2,(H,46,47)(H,41,42,43)/t27-,28?,29+,30?/m0/s1. The van der Waals surface area contributed by atoms with Crippen LogP contribution in [0.2, 0.25) is 5.02 Å². The summed E-state index contributed by atoms with van der Waals surface area (Å²) in [4.78, 5) is 23.1. The van der Waals surface area contributed by atoms with Crippen LogP contribution in [0.4, 0.5) is 10.7 Å². The second-order valence-corrected chi connectivity index (χ2v) is 15.6. The molecule has 260 valence electrons. The number of hydrogen-bond donors (Lipinski definition) is 3. The van der Waals surface area contributed by atoms with Crippen molar-refractivity contribution in [1.82, 2.24) is 24.2 Å². The summed E-state index contributed by atoms with van der Waals surface area (Å²) in [6.07, 6.45) is 8.76. The molecule has 1 saturated carbocycles. The molecule has 50 heavy (non-hydrogen) atoms. The van der Waals surface area contributed by atoms with Crippen LogP contribution in [0.15, 0.2) is 102 Å². The number of benzene rings is 3. The first-order valence-electron chi connectivity index (χ1n) is 17.2. The molecule has 1 aliphatic carbocycles. The second kappa shape index (κ2) is 14.8. The quantitative estimate of drug-likeness (QED) is 0.138. The van der Waals surface area contributed by atoms with Gasteiger partial charge in [-0.15, -0.1) is 0 Å². The molecule has 3 N–H and O–H groups in total. The monoisotopic (exact) mass is 712 g/mol. The summed E-state index contributed by atoms with van der Waals surface area (Å²) in [5, 5.41) is 18.2. The van der Waals surface area contributed by atoms with Gasteiger partial charge in [0.25, 0.3) is 10.0 Å². The van der Waals surface area contributed by atoms with Gasteiger partial charge in [0.1, 0.15) is 0 Å². The summed E-state index contributed by atoms with van der Waals surface area (Å²) in [5.74, 6) is 0.912. The third-order valence-corrected chi connectivity index (χ3v) is 12.0. The Balaban J connectivity index is 1.03. The molecule has 12 heteroatoms. The smallest absolute Gasteiger partial charge is 0.407 e. The number of carboxylic acid groups (broad SMARTS) is 1. The van der Waals surface area contributed by atoms with Crippen LogP contribution in [0.3, 0.4) is 0 Å². The van der Waals surface area contributed by atoms with E-state index >= 15 is 0 Å². The van der Waals surface area contributed by atoms with Gasteiger partial charge < -0.3 is 20.6 Å². The van der Waals surface area contributed by atoms with E-state index in [9.17, 15) is 18.3 Å². The predicted octanol–water partition coefficient (Wildman–Crippen LogP) is 7.30. The number of hydrogen-bond acceptors (Lipinski definition) is 7. The Kier molecular flexibility index (Phi) is 10.1. The zero-order valence-electron chi connectivity index (χ0n) is 27.7. The molecule has 2 aromatic heterocycles. The van der Waals surface area contributed by atoms with Crippen LogP contribution in [0.5, 0.6) is 0 Å². The largest absolute Gasteiger partial charge is 0.465 e. The highest BCUT2D eigenvalue weighted by molar-refractivity contribution is 7.90. The van der Waals surface area contributed by atoms with Gasteiger partial charge in [-0.2, -0.15) is 0 Å². The number of para-hydroxylation sites is 1. The molecule has 1 aliphatic heterocycles.